The molecular weight excluding hydrogens is 260 g/mol. The molecule has 1 heterocycles. The zero-order valence-electron chi connectivity index (χ0n) is 13.0. The van der Waals surface area contributed by atoms with Crippen LogP contribution in [0.15, 0.2) is 48.8 Å². The first-order valence-electron chi connectivity index (χ1n) is 7.44. The Balaban J connectivity index is 1.94. The first kappa shape index (κ1) is 15.2. The summed E-state index contributed by atoms with van der Waals surface area (Å²) in [5, 5.41) is 2.93. The van der Waals surface area contributed by atoms with Crippen molar-refractivity contribution in [3.05, 3.63) is 59.9 Å². The van der Waals surface area contributed by atoms with Crippen molar-refractivity contribution >= 4 is 11.6 Å². The Kier molecular flexibility index (Phi) is 5.09. The van der Waals surface area contributed by atoms with E-state index >= 15 is 0 Å². The number of amides is 1. The lowest BCUT2D eigenvalue weighted by Crippen LogP contribution is -2.39. The van der Waals surface area contributed by atoms with Gasteiger partial charge in [0.2, 0.25) is 6.54 Å². The largest absolute Gasteiger partial charge is 0.321 e. The van der Waals surface area contributed by atoms with Crippen molar-refractivity contribution in [2.75, 3.05) is 5.32 Å². The van der Waals surface area contributed by atoms with Gasteiger partial charge in [-0.2, -0.15) is 4.57 Å². The summed E-state index contributed by atoms with van der Waals surface area (Å²) in [7, 11) is 0. The molecule has 0 radical (unpaired) electrons. The lowest BCUT2D eigenvalue weighted by Gasteiger charge is -2.10. The van der Waals surface area contributed by atoms with Crippen LogP contribution in [-0.4, -0.2) is 5.91 Å². The number of benzene rings is 1. The zero-order chi connectivity index (χ0) is 15.2. The standard InChI is InChI=1S/C18H22N2O/c1-4-15(3)16-5-7-17(8-6-16)19-18(21)13-20-11-9-14(2)10-12-20/h5-12,15H,4,13H2,1-3H3/p+1/t15-/m1/s1. The number of aryl methyl sites for hydroxylation is 1. The molecule has 0 aliphatic carbocycles. The monoisotopic (exact) mass is 283 g/mol. The summed E-state index contributed by atoms with van der Waals surface area (Å²) in [6.07, 6.45) is 4.96. The number of hydrogen-bond donors (Lipinski definition) is 1. The summed E-state index contributed by atoms with van der Waals surface area (Å²) < 4.78 is 1.87. The summed E-state index contributed by atoms with van der Waals surface area (Å²) >= 11 is 0. The minimum absolute atomic E-state index is 0.0138. The molecular formula is C18H23N2O+. The van der Waals surface area contributed by atoms with Gasteiger partial charge in [0.25, 0.3) is 5.91 Å². The van der Waals surface area contributed by atoms with Crippen LogP contribution < -0.4 is 9.88 Å². The highest BCUT2D eigenvalue weighted by molar-refractivity contribution is 5.89. The molecule has 0 spiro atoms. The van der Waals surface area contributed by atoms with Gasteiger partial charge in [0, 0.05) is 17.8 Å². The minimum atomic E-state index is -0.0138. The number of hydrogen-bond acceptors (Lipinski definition) is 1. The molecule has 0 saturated carbocycles. The number of aromatic nitrogens is 1. The molecule has 0 aliphatic rings. The second kappa shape index (κ2) is 7.02. The van der Waals surface area contributed by atoms with Crippen molar-refractivity contribution in [2.45, 2.75) is 39.7 Å². The summed E-state index contributed by atoms with van der Waals surface area (Å²) in [5.41, 5.74) is 3.34. The van der Waals surface area contributed by atoms with E-state index in [1.165, 1.54) is 11.1 Å². The predicted octanol–water partition coefficient (Wildman–Crippen LogP) is 3.43. The maximum Gasteiger partial charge on any atom is 0.290 e. The van der Waals surface area contributed by atoms with Crippen molar-refractivity contribution in [3.63, 3.8) is 0 Å². The molecule has 0 unspecified atom stereocenters. The van der Waals surface area contributed by atoms with Crippen LogP contribution in [0.25, 0.3) is 0 Å². The van der Waals surface area contributed by atoms with Crippen LogP contribution >= 0.6 is 0 Å². The summed E-state index contributed by atoms with van der Waals surface area (Å²) in [6, 6.07) is 12.1. The lowest BCUT2D eigenvalue weighted by molar-refractivity contribution is -0.684. The Morgan fingerprint density at radius 1 is 1.14 bits per heavy atom. The molecule has 1 aromatic carbocycles. The van der Waals surface area contributed by atoms with Crippen LogP contribution in [0.5, 0.6) is 0 Å². The zero-order valence-corrected chi connectivity index (χ0v) is 13.0. The minimum Gasteiger partial charge on any atom is -0.321 e. The number of rotatable bonds is 5. The maximum atomic E-state index is 12.0. The molecule has 1 amide bonds. The molecule has 2 aromatic rings. The van der Waals surface area contributed by atoms with E-state index in [4.69, 9.17) is 0 Å². The van der Waals surface area contributed by atoms with E-state index in [0.29, 0.717) is 12.5 Å². The highest BCUT2D eigenvalue weighted by atomic mass is 16.1. The Morgan fingerprint density at radius 3 is 2.33 bits per heavy atom. The number of pyridine rings is 1. The molecule has 0 aliphatic heterocycles. The van der Waals surface area contributed by atoms with Gasteiger partial charge in [-0.15, -0.1) is 0 Å². The number of anilines is 1. The molecule has 0 bridgehead atoms. The first-order valence-corrected chi connectivity index (χ1v) is 7.44. The SMILES string of the molecule is CC[C@@H](C)c1ccc(NC(=O)C[n+]2ccc(C)cc2)cc1. The maximum absolute atomic E-state index is 12.0. The van der Waals surface area contributed by atoms with Gasteiger partial charge in [0.05, 0.1) is 0 Å². The predicted molar refractivity (Wildman–Crippen MR) is 85.2 cm³/mol. The van der Waals surface area contributed by atoms with Crippen LogP contribution in [0.2, 0.25) is 0 Å². The summed E-state index contributed by atoms with van der Waals surface area (Å²) in [6.45, 7) is 6.75. The molecule has 3 heteroatoms. The van der Waals surface area contributed by atoms with Crippen LogP contribution in [0.3, 0.4) is 0 Å². The van der Waals surface area contributed by atoms with Crippen molar-refractivity contribution in [2.24, 2.45) is 0 Å². The molecule has 1 aromatic heterocycles. The number of carbonyl (C=O) groups is 1. The third-order valence-corrected chi connectivity index (χ3v) is 3.76. The molecule has 1 N–H and O–H groups in total. The van der Waals surface area contributed by atoms with Gasteiger partial charge in [0.15, 0.2) is 12.4 Å². The second-order valence-electron chi connectivity index (χ2n) is 5.53. The fourth-order valence-corrected chi connectivity index (χ4v) is 2.13. The van der Waals surface area contributed by atoms with E-state index in [9.17, 15) is 4.79 Å². The molecule has 1 atom stereocenters. The Hall–Kier alpha value is -2.16. The van der Waals surface area contributed by atoms with Gasteiger partial charge < -0.3 is 5.32 Å². The average Bonchev–Trinajstić information content (AvgIpc) is 2.49. The normalized spacial score (nSPS) is 12.0. The topological polar surface area (TPSA) is 33.0 Å². The molecule has 21 heavy (non-hydrogen) atoms. The number of nitrogens with one attached hydrogen (secondary N) is 1. The van der Waals surface area contributed by atoms with Gasteiger partial charge in [-0.1, -0.05) is 26.0 Å². The van der Waals surface area contributed by atoms with Gasteiger partial charge in [-0.3, -0.25) is 4.79 Å². The summed E-state index contributed by atoms with van der Waals surface area (Å²) in [5.74, 6) is 0.540. The van der Waals surface area contributed by atoms with Gasteiger partial charge >= 0.3 is 0 Å². The fourth-order valence-electron chi connectivity index (χ4n) is 2.13. The van der Waals surface area contributed by atoms with Crippen LogP contribution in [-0.2, 0) is 11.3 Å². The van der Waals surface area contributed by atoms with Crippen LogP contribution in [0.1, 0.15) is 37.3 Å². The average molecular weight is 283 g/mol. The Bertz CT molecular complexity index is 588. The highest BCUT2D eigenvalue weighted by Crippen LogP contribution is 2.20. The van der Waals surface area contributed by atoms with Gasteiger partial charge in [-0.25, -0.2) is 0 Å². The molecule has 0 fully saturated rings. The van der Waals surface area contributed by atoms with Crippen LogP contribution in [0.4, 0.5) is 5.69 Å². The molecule has 2 rings (SSSR count). The van der Waals surface area contributed by atoms with E-state index in [0.717, 1.165) is 12.1 Å². The molecule has 0 saturated heterocycles. The quantitative estimate of drug-likeness (QED) is 0.838. The van der Waals surface area contributed by atoms with Crippen LogP contribution in [0, 0.1) is 6.92 Å². The first-order chi connectivity index (χ1) is 10.1. The van der Waals surface area contributed by atoms with Crippen molar-refractivity contribution in [1.82, 2.24) is 0 Å². The van der Waals surface area contributed by atoms with E-state index < -0.39 is 0 Å². The lowest BCUT2D eigenvalue weighted by atomic mass is 9.99. The van der Waals surface area contributed by atoms with E-state index in [1.54, 1.807) is 0 Å². The Labute approximate surface area is 126 Å². The third-order valence-electron chi connectivity index (χ3n) is 3.76. The van der Waals surface area contributed by atoms with Crippen molar-refractivity contribution < 1.29 is 9.36 Å². The fraction of sp³-hybridized carbons (Fsp3) is 0.333. The Morgan fingerprint density at radius 2 is 1.76 bits per heavy atom. The number of carbonyl (C=O) groups excluding carboxylic acids is 1. The molecule has 110 valence electrons. The summed E-state index contributed by atoms with van der Waals surface area (Å²) in [4.78, 5) is 12.0. The number of nitrogens with zero attached hydrogens (tertiary/aromatic N) is 1. The van der Waals surface area contributed by atoms with Gasteiger partial charge in [-0.05, 0) is 42.5 Å². The second-order valence-corrected chi connectivity index (χ2v) is 5.53. The van der Waals surface area contributed by atoms with E-state index in [-0.39, 0.29) is 5.91 Å². The van der Waals surface area contributed by atoms with Gasteiger partial charge in [0.1, 0.15) is 0 Å². The smallest absolute Gasteiger partial charge is 0.290 e. The van der Waals surface area contributed by atoms with E-state index in [1.807, 2.05) is 48.1 Å². The van der Waals surface area contributed by atoms with E-state index in [2.05, 4.69) is 31.3 Å². The molecule has 3 nitrogen and oxygen atoms in total. The highest BCUT2D eigenvalue weighted by Gasteiger charge is 2.09. The van der Waals surface area contributed by atoms with Crippen molar-refractivity contribution in [1.29, 1.82) is 0 Å². The van der Waals surface area contributed by atoms with Crippen molar-refractivity contribution in [3.8, 4) is 0 Å². The third kappa shape index (κ3) is 4.42.